The van der Waals surface area contributed by atoms with Crippen LogP contribution in [0.4, 0.5) is 18.9 Å². The molecule has 0 atom stereocenters. The van der Waals surface area contributed by atoms with E-state index in [1.165, 1.54) is 24.1 Å². The van der Waals surface area contributed by atoms with Gasteiger partial charge in [0.1, 0.15) is 6.54 Å². The van der Waals surface area contributed by atoms with Gasteiger partial charge in [-0.3, -0.25) is 0 Å². The van der Waals surface area contributed by atoms with E-state index < -0.39 is 11.7 Å². The number of hydrogen-bond acceptors (Lipinski definition) is 3. The largest absolute Gasteiger partial charge is 0.503 e. The van der Waals surface area contributed by atoms with Crippen LogP contribution in [0.5, 0.6) is 11.5 Å². The van der Waals surface area contributed by atoms with Gasteiger partial charge in [-0.2, -0.15) is 13.2 Å². The number of ether oxygens (including phenoxy) is 1. The number of nitrogens with one attached hydrogen (secondary N) is 1. The number of phenolic OH excluding ortho intramolecular Hbond substituents is 1. The number of benzene rings is 2. The van der Waals surface area contributed by atoms with Crippen molar-refractivity contribution in [1.29, 1.82) is 0 Å². The predicted octanol–water partition coefficient (Wildman–Crippen LogP) is 3.09. The van der Waals surface area contributed by atoms with E-state index in [0.29, 0.717) is 29.0 Å². The van der Waals surface area contributed by atoms with Gasteiger partial charge in [0.05, 0.1) is 43.3 Å². The van der Waals surface area contributed by atoms with Gasteiger partial charge < -0.3 is 19.6 Å². The fourth-order valence-electron chi connectivity index (χ4n) is 3.31. The molecule has 0 spiro atoms. The number of nitrogens with zero attached hydrogens (tertiary/aromatic N) is 1. The molecule has 3 rings (SSSR count). The summed E-state index contributed by atoms with van der Waals surface area (Å²) >= 11 is 3.33. The number of alkyl halides is 3. The Morgan fingerprint density at radius 3 is 2.52 bits per heavy atom. The van der Waals surface area contributed by atoms with Crippen molar-refractivity contribution in [1.82, 2.24) is 0 Å². The number of anilines is 1. The highest BCUT2D eigenvalue weighted by molar-refractivity contribution is 9.10. The Morgan fingerprint density at radius 2 is 1.89 bits per heavy atom. The molecule has 0 unspecified atom stereocenters. The van der Waals surface area contributed by atoms with Crippen LogP contribution in [-0.2, 0) is 12.7 Å². The maximum atomic E-state index is 12.9. The maximum Gasteiger partial charge on any atom is 0.416 e. The van der Waals surface area contributed by atoms with Crippen molar-refractivity contribution >= 4 is 21.6 Å². The molecule has 27 heavy (non-hydrogen) atoms. The van der Waals surface area contributed by atoms with Crippen LogP contribution in [0.1, 0.15) is 11.1 Å². The first kappa shape index (κ1) is 19.8. The maximum absolute atomic E-state index is 12.9. The second kappa shape index (κ2) is 7.98. The Balaban J connectivity index is 1.64. The van der Waals surface area contributed by atoms with Crippen LogP contribution in [0.15, 0.2) is 40.9 Å². The number of hydrogen-bond donors (Lipinski definition) is 2. The van der Waals surface area contributed by atoms with E-state index in [0.717, 1.165) is 31.3 Å². The number of phenols is 1. The Bertz CT molecular complexity index is 806. The molecule has 1 heterocycles. The standard InChI is InChI=1S/C19H20BrF3N2O2/c1-27-17-10-13(9-16(20)18(17)26)12-24-5-7-25(8-6-24)15-4-2-3-14(11-15)19(21,22)23/h2-4,9-11,26H,5-8,12H2,1H3/p+1. The van der Waals surface area contributed by atoms with E-state index in [9.17, 15) is 18.3 Å². The number of piperazine rings is 1. The van der Waals surface area contributed by atoms with Crippen molar-refractivity contribution in [3.8, 4) is 11.5 Å². The van der Waals surface area contributed by atoms with Crippen LogP contribution in [0.25, 0.3) is 0 Å². The lowest BCUT2D eigenvalue weighted by atomic mass is 10.1. The smallest absolute Gasteiger partial charge is 0.416 e. The molecule has 0 radical (unpaired) electrons. The molecular weight excluding hydrogens is 425 g/mol. The lowest BCUT2D eigenvalue weighted by molar-refractivity contribution is -0.914. The molecule has 2 aromatic rings. The number of halogens is 4. The molecule has 1 fully saturated rings. The summed E-state index contributed by atoms with van der Waals surface area (Å²) in [4.78, 5) is 3.32. The highest BCUT2D eigenvalue weighted by Crippen LogP contribution is 2.35. The first-order chi connectivity index (χ1) is 12.8. The predicted molar refractivity (Wildman–Crippen MR) is 100 cm³/mol. The molecule has 0 saturated carbocycles. The fourth-order valence-corrected chi connectivity index (χ4v) is 3.80. The van der Waals surface area contributed by atoms with Crippen molar-refractivity contribution < 1.29 is 27.9 Å². The zero-order chi connectivity index (χ0) is 19.6. The lowest BCUT2D eigenvalue weighted by Gasteiger charge is -2.34. The minimum absolute atomic E-state index is 0.0746. The van der Waals surface area contributed by atoms with Crippen LogP contribution in [0, 0.1) is 0 Å². The molecule has 0 amide bonds. The second-order valence-corrected chi connectivity index (χ2v) is 7.44. The highest BCUT2D eigenvalue weighted by Gasteiger charge is 2.31. The number of rotatable bonds is 4. The van der Waals surface area contributed by atoms with Gasteiger partial charge in [0.2, 0.25) is 0 Å². The number of quaternary nitrogens is 1. The molecule has 1 aliphatic rings. The minimum Gasteiger partial charge on any atom is -0.503 e. The summed E-state index contributed by atoms with van der Waals surface area (Å²) in [6.07, 6.45) is -4.33. The summed E-state index contributed by atoms with van der Waals surface area (Å²) < 4.78 is 44.5. The summed E-state index contributed by atoms with van der Waals surface area (Å²) in [5.41, 5.74) is 1.02. The SMILES string of the molecule is COc1cc(C[NH+]2CCN(c3cccc(C(F)(F)F)c3)CC2)cc(Br)c1O. The molecular formula is C19H21BrF3N2O2+. The summed E-state index contributed by atoms with van der Waals surface area (Å²) in [5, 5.41) is 9.90. The molecule has 0 bridgehead atoms. The van der Waals surface area contributed by atoms with Crippen LogP contribution in [-0.4, -0.2) is 38.4 Å². The molecule has 0 aromatic heterocycles. The quantitative estimate of drug-likeness (QED) is 0.759. The minimum atomic E-state index is -4.33. The van der Waals surface area contributed by atoms with Crippen molar-refractivity contribution in [2.75, 3.05) is 38.2 Å². The van der Waals surface area contributed by atoms with E-state index in [4.69, 9.17) is 4.74 Å². The van der Waals surface area contributed by atoms with Crippen LogP contribution >= 0.6 is 15.9 Å². The van der Waals surface area contributed by atoms with Gasteiger partial charge in [-0.05, 0) is 46.3 Å². The first-order valence-corrected chi connectivity index (χ1v) is 9.38. The molecule has 2 N–H and O–H groups in total. The zero-order valence-corrected chi connectivity index (χ0v) is 16.4. The van der Waals surface area contributed by atoms with E-state index in [1.54, 1.807) is 6.07 Å². The van der Waals surface area contributed by atoms with Crippen molar-refractivity contribution in [3.63, 3.8) is 0 Å². The summed E-state index contributed by atoms with van der Waals surface area (Å²) in [6, 6.07) is 9.17. The summed E-state index contributed by atoms with van der Waals surface area (Å²) in [6.45, 7) is 3.76. The van der Waals surface area contributed by atoms with Crippen molar-refractivity contribution in [2.45, 2.75) is 12.7 Å². The zero-order valence-electron chi connectivity index (χ0n) is 14.8. The molecule has 1 aliphatic heterocycles. The van der Waals surface area contributed by atoms with Crippen LogP contribution in [0.3, 0.4) is 0 Å². The van der Waals surface area contributed by atoms with Crippen LogP contribution in [0.2, 0.25) is 0 Å². The van der Waals surface area contributed by atoms with Crippen molar-refractivity contribution in [3.05, 3.63) is 52.0 Å². The highest BCUT2D eigenvalue weighted by atomic mass is 79.9. The van der Waals surface area contributed by atoms with Gasteiger partial charge in [0.15, 0.2) is 11.5 Å². The first-order valence-electron chi connectivity index (χ1n) is 8.59. The van der Waals surface area contributed by atoms with E-state index in [1.807, 2.05) is 17.0 Å². The number of methoxy groups -OCH3 is 1. The summed E-state index contributed by atoms with van der Waals surface area (Å²) in [7, 11) is 1.51. The third-order valence-corrected chi connectivity index (χ3v) is 5.38. The number of aromatic hydroxyl groups is 1. The van der Waals surface area contributed by atoms with Gasteiger partial charge >= 0.3 is 6.18 Å². The van der Waals surface area contributed by atoms with Gasteiger partial charge in [0.25, 0.3) is 0 Å². The topological polar surface area (TPSA) is 37.1 Å². The summed E-state index contributed by atoms with van der Waals surface area (Å²) in [5.74, 6) is 0.493. The van der Waals surface area contributed by atoms with Gasteiger partial charge in [-0.1, -0.05) is 6.07 Å². The van der Waals surface area contributed by atoms with E-state index in [-0.39, 0.29) is 5.75 Å². The Hall–Kier alpha value is -1.93. The van der Waals surface area contributed by atoms with Gasteiger partial charge in [-0.15, -0.1) is 0 Å². The molecule has 0 aliphatic carbocycles. The van der Waals surface area contributed by atoms with E-state index >= 15 is 0 Å². The Kier molecular flexibility index (Phi) is 5.86. The second-order valence-electron chi connectivity index (χ2n) is 6.59. The molecule has 1 saturated heterocycles. The Morgan fingerprint density at radius 1 is 1.19 bits per heavy atom. The average Bonchev–Trinajstić information content (AvgIpc) is 2.64. The fraction of sp³-hybridized carbons (Fsp3) is 0.368. The van der Waals surface area contributed by atoms with Crippen LogP contribution < -0.4 is 14.5 Å². The lowest BCUT2D eigenvalue weighted by Crippen LogP contribution is -3.13. The van der Waals surface area contributed by atoms with Gasteiger partial charge in [-0.25, -0.2) is 0 Å². The molecule has 8 heteroatoms. The van der Waals surface area contributed by atoms with E-state index in [2.05, 4.69) is 15.9 Å². The normalized spacial score (nSPS) is 15.8. The molecule has 146 valence electrons. The van der Waals surface area contributed by atoms with Gasteiger partial charge in [0, 0.05) is 11.3 Å². The third kappa shape index (κ3) is 4.68. The van der Waals surface area contributed by atoms with Crippen molar-refractivity contribution in [2.24, 2.45) is 0 Å². The molecule has 2 aromatic carbocycles. The third-order valence-electron chi connectivity index (χ3n) is 4.77. The molecule has 4 nitrogen and oxygen atoms in total. The average molecular weight is 446 g/mol. The Labute approximate surface area is 164 Å². The monoisotopic (exact) mass is 445 g/mol.